The molecule has 0 aromatic carbocycles. The molecule has 0 aliphatic rings. The molecule has 102 valence electrons. The van der Waals surface area contributed by atoms with E-state index < -0.39 is 10.9 Å². The van der Waals surface area contributed by atoms with Crippen molar-refractivity contribution in [2.24, 2.45) is 0 Å². The van der Waals surface area contributed by atoms with E-state index in [4.69, 9.17) is 0 Å². The summed E-state index contributed by atoms with van der Waals surface area (Å²) in [6, 6.07) is 0. The van der Waals surface area contributed by atoms with Crippen LogP contribution >= 0.6 is 12.6 Å². The van der Waals surface area contributed by atoms with E-state index in [-0.39, 0.29) is 6.42 Å². The Kier molecular flexibility index (Phi) is 7.71. The zero-order chi connectivity index (χ0) is 14.2. The molecule has 0 saturated carbocycles. The lowest BCUT2D eigenvalue weighted by Crippen LogP contribution is -2.23. The first kappa shape index (κ1) is 17.0. The van der Waals surface area contributed by atoms with Crippen LogP contribution in [0.1, 0.15) is 33.1 Å². The van der Waals surface area contributed by atoms with Crippen LogP contribution in [0.5, 0.6) is 0 Å². The second kappa shape index (κ2) is 8.16. The van der Waals surface area contributed by atoms with Gasteiger partial charge in [-0.15, -0.1) is 12.6 Å². The summed E-state index contributed by atoms with van der Waals surface area (Å²) in [5.74, 6) is -0.507. The molecule has 0 bridgehead atoms. The number of allylic oxidation sites excluding steroid dienone is 4. The van der Waals surface area contributed by atoms with E-state index >= 15 is 0 Å². The molecule has 3 nitrogen and oxygen atoms in total. The number of rotatable bonds is 7. The molecule has 0 aromatic rings. The number of aliphatic hydroxyl groups is 1. The Labute approximate surface area is 115 Å². The molecule has 0 aliphatic heterocycles. The van der Waals surface area contributed by atoms with Gasteiger partial charge in [0.2, 0.25) is 0 Å². The molecule has 0 spiro atoms. The molecule has 0 heterocycles. The summed E-state index contributed by atoms with van der Waals surface area (Å²) < 4.78 is 4.47. The highest BCUT2D eigenvalue weighted by Gasteiger charge is 2.22. The van der Waals surface area contributed by atoms with Gasteiger partial charge in [-0.2, -0.15) is 0 Å². The van der Waals surface area contributed by atoms with Crippen molar-refractivity contribution < 1.29 is 14.6 Å². The zero-order valence-electron chi connectivity index (χ0n) is 11.3. The van der Waals surface area contributed by atoms with Crippen LogP contribution in [0.3, 0.4) is 0 Å². The third-order valence-electron chi connectivity index (χ3n) is 2.24. The lowest BCUT2D eigenvalue weighted by molar-refractivity contribution is -0.142. The average molecular weight is 270 g/mol. The second-order valence-electron chi connectivity index (χ2n) is 4.44. The molecule has 4 heteroatoms. The van der Waals surface area contributed by atoms with E-state index in [0.29, 0.717) is 0 Å². The Balaban J connectivity index is 4.23. The molecular formula is C14H22O3S. The number of hydrogen-bond donors (Lipinski definition) is 2. The number of carbonyl (C=O) groups excluding carboxylic acids is 1. The number of methoxy groups -OCH3 is 1. The van der Waals surface area contributed by atoms with Gasteiger partial charge in [-0.25, -0.2) is 0 Å². The molecule has 0 rings (SSSR count). The lowest BCUT2D eigenvalue weighted by atomic mass is 10.1. The Morgan fingerprint density at radius 3 is 2.61 bits per heavy atom. The van der Waals surface area contributed by atoms with Crippen LogP contribution in [0.25, 0.3) is 0 Å². The lowest BCUT2D eigenvalue weighted by Gasteiger charge is -2.16. The fourth-order valence-electron chi connectivity index (χ4n) is 1.22. The topological polar surface area (TPSA) is 46.5 Å². The first-order chi connectivity index (χ1) is 8.26. The maximum Gasteiger partial charge on any atom is 0.309 e. The third kappa shape index (κ3) is 9.07. The smallest absolute Gasteiger partial charge is 0.309 e. The SMILES string of the molecule is C=C(C=CC(O)(S)CC(=O)OC)CCC=C(C)C. The summed E-state index contributed by atoms with van der Waals surface area (Å²) in [5, 5.41) is 9.80. The summed E-state index contributed by atoms with van der Waals surface area (Å²) in [6.07, 6.45) is 6.80. The number of thiol groups is 1. The van der Waals surface area contributed by atoms with E-state index in [1.165, 1.54) is 18.8 Å². The molecule has 1 atom stereocenters. The van der Waals surface area contributed by atoms with Crippen LogP contribution in [0.4, 0.5) is 0 Å². The van der Waals surface area contributed by atoms with Crippen LogP contribution in [0, 0.1) is 0 Å². The van der Waals surface area contributed by atoms with Crippen molar-refractivity contribution in [1.29, 1.82) is 0 Å². The Morgan fingerprint density at radius 1 is 1.50 bits per heavy atom. The highest BCUT2D eigenvalue weighted by molar-refractivity contribution is 7.81. The molecule has 1 N–H and O–H groups in total. The van der Waals surface area contributed by atoms with Crippen molar-refractivity contribution in [3.05, 3.63) is 36.0 Å². The fourth-order valence-corrected chi connectivity index (χ4v) is 1.43. The monoisotopic (exact) mass is 270 g/mol. The predicted octanol–water partition coefficient (Wildman–Crippen LogP) is 3.03. The molecule has 0 aliphatic carbocycles. The Bertz CT molecular complexity index is 350. The van der Waals surface area contributed by atoms with E-state index in [9.17, 15) is 9.90 Å². The normalized spacial score (nSPS) is 14.1. The summed E-state index contributed by atoms with van der Waals surface area (Å²) in [6.45, 7) is 7.96. The van der Waals surface area contributed by atoms with Crippen molar-refractivity contribution in [3.63, 3.8) is 0 Å². The van der Waals surface area contributed by atoms with E-state index in [2.05, 4.69) is 30.0 Å². The second-order valence-corrected chi connectivity index (χ2v) is 5.22. The largest absolute Gasteiger partial charge is 0.469 e. The van der Waals surface area contributed by atoms with E-state index in [1.807, 2.05) is 13.8 Å². The zero-order valence-corrected chi connectivity index (χ0v) is 12.2. The fraction of sp³-hybridized carbons (Fsp3) is 0.500. The van der Waals surface area contributed by atoms with Crippen molar-refractivity contribution in [2.45, 2.75) is 38.0 Å². The van der Waals surface area contributed by atoms with Crippen LogP contribution in [0.2, 0.25) is 0 Å². The standard InChI is InChI=1S/C14H22O3S/c1-11(2)6-5-7-12(3)8-9-14(16,18)10-13(15)17-4/h6,8-9,16,18H,3,5,7,10H2,1-2,4H3. The molecule has 0 aromatic heterocycles. The van der Waals surface area contributed by atoms with Gasteiger partial charge in [0.1, 0.15) is 4.93 Å². The van der Waals surface area contributed by atoms with Crippen molar-refractivity contribution >= 4 is 18.6 Å². The van der Waals surface area contributed by atoms with Gasteiger partial charge >= 0.3 is 5.97 Å². The molecule has 0 amide bonds. The number of carbonyl (C=O) groups is 1. The molecule has 0 saturated heterocycles. The van der Waals surface area contributed by atoms with Crippen LogP contribution < -0.4 is 0 Å². The summed E-state index contributed by atoms with van der Waals surface area (Å²) in [7, 11) is 1.27. The highest BCUT2D eigenvalue weighted by Crippen LogP contribution is 2.19. The summed E-state index contributed by atoms with van der Waals surface area (Å²) in [5.41, 5.74) is 2.15. The maximum atomic E-state index is 11.0. The van der Waals surface area contributed by atoms with Gasteiger partial charge in [-0.05, 0) is 32.8 Å². The predicted molar refractivity (Wildman–Crippen MR) is 77.5 cm³/mol. The summed E-state index contributed by atoms with van der Waals surface area (Å²) >= 11 is 3.99. The minimum atomic E-state index is -1.49. The molecular weight excluding hydrogens is 248 g/mol. The first-order valence-corrected chi connectivity index (χ1v) is 6.23. The van der Waals surface area contributed by atoms with E-state index in [0.717, 1.165) is 18.4 Å². The van der Waals surface area contributed by atoms with Gasteiger partial charge in [0.15, 0.2) is 0 Å². The van der Waals surface area contributed by atoms with Crippen molar-refractivity contribution in [3.8, 4) is 0 Å². The van der Waals surface area contributed by atoms with Gasteiger partial charge in [0.25, 0.3) is 0 Å². The van der Waals surface area contributed by atoms with Gasteiger partial charge in [0, 0.05) is 0 Å². The average Bonchev–Trinajstić information content (AvgIpc) is 2.25. The van der Waals surface area contributed by atoms with Crippen LogP contribution in [0.15, 0.2) is 36.0 Å². The Morgan fingerprint density at radius 2 is 2.11 bits per heavy atom. The Hall–Kier alpha value is -1.00. The highest BCUT2D eigenvalue weighted by atomic mass is 32.1. The molecule has 0 fully saturated rings. The van der Waals surface area contributed by atoms with Gasteiger partial charge in [0.05, 0.1) is 13.5 Å². The first-order valence-electron chi connectivity index (χ1n) is 5.79. The maximum absolute atomic E-state index is 11.0. The quantitative estimate of drug-likeness (QED) is 0.246. The van der Waals surface area contributed by atoms with Crippen LogP contribution in [-0.4, -0.2) is 23.1 Å². The van der Waals surface area contributed by atoms with Gasteiger partial charge < -0.3 is 9.84 Å². The van der Waals surface area contributed by atoms with Crippen molar-refractivity contribution in [1.82, 2.24) is 0 Å². The third-order valence-corrected chi connectivity index (χ3v) is 2.54. The van der Waals surface area contributed by atoms with E-state index in [1.54, 1.807) is 6.08 Å². The molecule has 1 unspecified atom stereocenters. The van der Waals surface area contributed by atoms with Crippen molar-refractivity contribution in [2.75, 3.05) is 7.11 Å². The van der Waals surface area contributed by atoms with Gasteiger partial charge in [-0.1, -0.05) is 29.9 Å². The number of ether oxygens (including phenoxy) is 1. The van der Waals surface area contributed by atoms with Crippen LogP contribution in [-0.2, 0) is 9.53 Å². The van der Waals surface area contributed by atoms with Gasteiger partial charge in [-0.3, -0.25) is 4.79 Å². The minimum absolute atomic E-state index is 0.190. The molecule has 0 radical (unpaired) electrons. The number of esters is 1. The summed E-state index contributed by atoms with van der Waals surface area (Å²) in [4.78, 5) is 9.53. The number of hydrogen-bond acceptors (Lipinski definition) is 4. The minimum Gasteiger partial charge on any atom is -0.469 e. The molecule has 18 heavy (non-hydrogen) atoms.